The molecule has 8 heteroatoms. The van der Waals surface area contributed by atoms with Crippen molar-refractivity contribution >= 4 is 5.97 Å². The Kier molecular flexibility index (Phi) is 6.21. The van der Waals surface area contributed by atoms with Crippen LogP contribution in [-0.2, 0) is 16.1 Å². The highest BCUT2D eigenvalue weighted by Crippen LogP contribution is 2.19. The second-order valence-electron chi connectivity index (χ2n) is 5.91. The number of ether oxygens (including phenoxy) is 3. The van der Waals surface area contributed by atoms with Crippen LogP contribution in [0.15, 0.2) is 47.0 Å². The summed E-state index contributed by atoms with van der Waals surface area (Å²) in [6.45, 7) is 1.67. The summed E-state index contributed by atoms with van der Waals surface area (Å²) >= 11 is 0. The molecule has 0 atom stereocenters. The van der Waals surface area contributed by atoms with Crippen LogP contribution in [0.5, 0.6) is 11.5 Å². The van der Waals surface area contributed by atoms with Crippen LogP contribution in [0.1, 0.15) is 17.9 Å². The van der Waals surface area contributed by atoms with Crippen LogP contribution in [0, 0.1) is 12.7 Å². The van der Waals surface area contributed by atoms with Gasteiger partial charge in [-0.2, -0.15) is 4.98 Å². The fourth-order valence-corrected chi connectivity index (χ4v) is 2.30. The third-order valence-corrected chi connectivity index (χ3v) is 3.89. The van der Waals surface area contributed by atoms with Crippen molar-refractivity contribution in [3.05, 3.63) is 59.7 Å². The number of hydrogen-bond acceptors (Lipinski definition) is 7. The maximum Gasteiger partial charge on any atom is 0.309 e. The smallest absolute Gasteiger partial charge is 0.309 e. The fourth-order valence-electron chi connectivity index (χ4n) is 2.30. The lowest BCUT2D eigenvalue weighted by molar-refractivity contribution is -0.146. The number of carbonyl (C=O) groups excluding carboxylic acids is 1. The molecule has 0 amide bonds. The van der Waals surface area contributed by atoms with Crippen molar-refractivity contribution < 1.29 is 27.9 Å². The van der Waals surface area contributed by atoms with Gasteiger partial charge in [0, 0.05) is 5.56 Å². The third kappa shape index (κ3) is 5.06. The molecular weight excluding hydrogens is 367 g/mol. The van der Waals surface area contributed by atoms with E-state index in [1.54, 1.807) is 50.4 Å². The normalized spacial score (nSPS) is 10.5. The topological polar surface area (TPSA) is 83.7 Å². The molecule has 0 unspecified atom stereocenters. The second kappa shape index (κ2) is 8.98. The number of aromatic nitrogens is 2. The molecule has 0 saturated heterocycles. The molecule has 0 bridgehead atoms. The molecule has 1 aromatic heterocycles. The average Bonchev–Trinajstić information content (AvgIpc) is 3.18. The van der Waals surface area contributed by atoms with Crippen molar-refractivity contribution in [2.75, 3.05) is 13.7 Å². The summed E-state index contributed by atoms with van der Waals surface area (Å²) in [5.74, 6) is 0.884. The van der Waals surface area contributed by atoms with Gasteiger partial charge in [0.2, 0.25) is 5.82 Å². The highest BCUT2D eigenvalue weighted by molar-refractivity contribution is 5.69. The van der Waals surface area contributed by atoms with Gasteiger partial charge in [0.25, 0.3) is 5.89 Å². The van der Waals surface area contributed by atoms with Gasteiger partial charge in [-0.3, -0.25) is 4.79 Å². The van der Waals surface area contributed by atoms with Crippen molar-refractivity contribution in [2.24, 2.45) is 0 Å². The average molecular weight is 386 g/mol. The van der Waals surface area contributed by atoms with E-state index in [0.717, 1.165) is 5.75 Å². The van der Waals surface area contributed by atoms with Gasteiger partial charge < -0.3 is 18.7 Å². The van der Waals surface area contributed by atoms with E-state index in [4.69, 9.17) is 18.7 Å². The SMILES string of the molecule is COc1ccc(OCCC(=O)OCc2nc(-c3ccc(C)c(F)c3)no2)cc1. The van der Waals surface area contributed by atoms with E-state index in [0.29, 0.717) is 16.9 Å². The minimum Gasteiger partial charge on any atom is -0.497 e. The molecule has 0 aliphatic heterocycles. The zero-order chi connectivity index (χ0) is 19.9. The van der Waals surface area contributed by atoms with Crippen LogP contribution in [-0.4, -0.2) is 29.8 Å². The first-order valence-corrected chi connectivity index (χ1v) is 8.57. The van der Waals surface area contributed by atoms with Crippen molar-refractivity contribution in [1.29, 1.82) is 0 Å². The summed E-state index contributed by atoms with van der Waals surface area (Å²) < 4.78 is 34.3. The Balaban J connectivity index is 1.44. The highest BCUT2D eigenvalue weighted by Gasteiger charge is 2.12. The zero-order valence-electron chi connectivity index (χ0n) is 15.5. The van der Waals surface area contributed by atoms with Crippen LogP contribution in [0.3, 0.4) is 0 Å². The van der Waals surface area contributed by atoms with Gasteiger partial charge in [-0.25, -0.2) is 4.39 Å². The minimum atomic E-state index is -0.463. The summed E-state index contributed by atoms with van der Waals surface area (Å²) in [5.41, 5.74) is 1.01. The Morgan fingerprint density at radius 3 is 2.61 bits per heavy atom. The summed E-state index contributed by atoms with van der Waals surface area (Å²) in [6.07, 6.45) is 0.0657. The Morgan fingerprint density at radius 2 is 1.89 bits per heavy atom. The minimum absolute atomic E-state index is 0.0657. The molecule has 0 N–H and O–H groups in total. The van der Waals surface area contributed by atoms with E-state index in [1.807, 2.05) is 0 Å². The predicted octanol–water partition coefficient (Wildman–Crippen LogP) is 3.71. The number of hydrogen-bond donors (Lipinski definition) is 0. The lowest BCUT2D eigenvalue weighted by Gasteiger charge is -2.06. The highest BCUT2D eigenvalue weighted by atomic mass is 19.1. The van der Waals surface area contributed by atoms with Crippen LogP contribution in [0.4, 0.5) is 4.39 Å². The van der Waals surface area contributed by atoms with E-state index in [9.17, 15) is 9.18 Å². The maximum atomic E-state index is 13.6. The molecule has 28 heavy (non-hydrogen) atoms. The molecule has 0 saturated carbocycles. The van der Waals surface area contributed by atoms with Gasteiger partial charge in [0.05, 0.1) is 20.1 Å². The molecule has 3 aromatic rings. The van der Waals surface area contributed by atoms with E-state index in [-0.39, 0.29) is 37.2 Å². The van der Waals surface area contributed by atoms with Crippen molar-refractivity contribution in [3.8, 4) is 22.9 Å². The number of carbonyl (C=O) groups is 1. The fraction of sp³-hybridized carbons (Fsp3) is 0.250. The molecule has 0 spiro atoms. The van der Waals surface area contributed by atoms with Crippen molar-refractivity contribution in [2.45, 2.75) is 20.0 Å². The summed E-state index contributed by atoms with van der Waals surface area (Å²) in [4.78, 5) is 15.9. The first-order valence-electron chi connectivity index (χ1n) is 8.57. The molecule has 2 aromatic carbocycles. The quantitative estimate of drug-likeness (QED) is 0.546. The summed E-state index contributed by atoms with van der Waals surface area (Å²) in [5, 5.41) is 3.77. The molecule has 0 aliphatic rings. The number of aryl methyl sites for hydroxylation is 1. The standard InChI is InChI=1S/C20H19FN2O5/c1-13-3-4-14(11-17(13)21)20-22-18(28-23-20)12-27-19(24)9-10-26-16-7-5-15(25-2)6-8-16/h3-8,11H,9-10,12H2,1-2H3. The predicted molar refractivity (Wildman–Crippen MR) is 97.3 cm³/mol. The van der Waals surface area contributed by atoms with Gasteiger partial charge in [0.1, 0.15) is 17.3 Å². The largest absolute Gasteiger partial charge is 0.497 e. The summed E-state index contributed by atoms with van der Waals surface area (Å²) in [6, 6.07) is 11.7. The van der Waals surface area contributed by atoms with E-state index in [1.165, 1.54) is 6.07 Å². The molecule has 146 valence electrons. The Hall–Kier alpha value is -3.42. The third-order valence-electron chi connectivity index (χ3n) is 3.89. The Labute approximate surface area is 161 Å². The molecular formula is C20H19FN2O5. The molecule has 7 nitrogen and oxygen atoms in total. The Morgan fingerprint density at radius 1 is 1.14 bits per heavy atom. The Bertz CT molecular complexity index is 940. The van der Waals surface area contributed by atoms with E-state index >= 15 is 0 Å². The molecule has 0 radical (unpaired) electrons. The number of benzene rings is 2. The number of nitrogens with zero attached hydrogens (tertiary/aromatic N) is 2. The van der Waals surface area contributed by atoms with Gasteiger partial charge >= 0.3 is 5.97 Å². The number of esters is 1. The molecule has 0 fully saturated rings. The van der Waals surface area contributed by atoms with Gasteiger partial charge in [-0.05, 0) is 42.8 Å². The lowest BCUT2D eigenvalue weighted by Crippen LogP contribution is -2.10. The van der Waals surface area contributed by atoms with Crippen molar-refractivity contribution in [1.82, 2.24) is 10.1 Å². The lowest BCUT2D eigenvalue weighted by atomic mass is 10.1. The van der Waals surface area contributed by atoms with E-state index < -0.39 is 5.97 Å². The van der Waals surface area contributed by atoms with Crippen molar-refractivity contribution in [3.63, 3.8) is 0 Å². The van der Waals surface area contributed by atoms with E-state index in [2.05, 4.69) is 10.1 Å². The second-order valence-corrected chi connectivity index (χ2v) is 5.91. The van der Waals surface area contributed by atoms with Crippen LogP contribution in [0.2, 0.25) is 0 Å². The van der Waals surface area contributed by atoms with Crippen LogP contribution < -0.4 is 9.47 Å². The maximum absolute atomic E-state index is 13.6. The van der Waals surface area contributed by atoms with Crippen LogP contribution in [0.25, 0.3) is 11.4 Å². The monoisotopic (exact) mass is 386 g/mol. The number of rotatable bonds is 8. The van der Waals surface area contributed by atoms with Crippen LogP contribution >= 0.6 is 0 Å². The zero-order valence-corrected chi connectivity index (χ0v) is 15.5. The molecule has 0 aliphatic carbocycles. The van der Waals surface area contributed by atoms with Gasteiger partial charge in [-0.1, -0.05) is 17.3 Å². The van der Waals surface area contributed by atoms with Gasteiger partial charge in [-0.15, -0.1) is 0 Å². The first-order chi connectivity index (χ1) is 13.5. The molecule has 1 heterocycles. The summed E-state index contributed by atoms with van der Waals surface area (Å²) in [7, 11) is 1.58. The van der Waals surface area contributed by atoms with Gasteiger partial charge in [0.15, 0.2) is 6.61 Å². The first kappa shape index (κ1) is 19.3. The number of methoxy groups -OCH3 is 1. The molecule has 3 rings (SSSR count). The number of halogens is 1.